The number of unbranched alkanes of at least 4 members (excludes halogenated alkanes) is 52. The molecular weight excluding hydrogens is 959 g/mol. The fourth-order valence-corrected chi connectivity index (χ4v) is 11.3. The molecule has 462 valence electrons. The van der Waals surface area contributed by atoms with Crippen molar-refractivity contribution in [2.45, 2.75) is 411 Å². The fourth-order valence-electron chi connectivity index (χ4n) is 11.3. The Morgan fingerprint density at radius 1 is 0.359 bits per heavy atom. The van der Waals surface area contributed by atoms with Gasteiger partial charge in [0.1, 0.15) is 0 Å². The van der Waals surface area contributed by atoms with Crippen LogP contribution in [0.3, 0.4) is 0 Å². The lowest BCUT2D eigenvalue weighted by molar-refractivity contribution is -0.143. The van der Waals surface area contributed by atoms with Crippen molar-refractivity contribution in [1.29, 1.82) is 0 Å². The van der Waals surface area contributed by atoms with Gasteiger partial charge in [0.15, 0.2) is 0 Å². The van der Waals surface area contributed by atoms with E-state index < -0.39 is 12.1 Å². The molecule has 78 heavy (non-hydrogen) atoms. The molecule has 0 bridgehead atoms. The minimum Gasteiger partial charge on any atom is -0.466 e. The number of amides is 1. The Bertz CT molecular complexity index is 1220. The molecule has 0 heterocycles. The molecule has 0 spiro atoms. The molecule has 0 fully saturated rings. The summed E-state index contributed by atoms with van der Waals surface area (Å²) < 4.78 is 5.48. The van der Waals surface area contributed by atoms with Crippen molar-refractivity contribution in [2.75, 3.05) is 13.2 Å². The molecule has 0 aliphatic carbocycles. The van der Waals surface area contributed by atoms with Crippen LogP contribution in [-0.4, -0.2) is 47.4 Å². The highest BCUT2D eigenvalue weighted by atomic mass is 16.5. The van der Waals surface area contributed by atoms with Gasteiger partial charge in [-0.05, 0) is 57.8 Å². The number of esters is 1. The van der Waals surface area contributed by atoms with Crippen LogP contribution < -0.4 is 5.32 Å². The second-order valence-electron chi connectivity index (χ2n) is 24.6. The lowest BCUT2D eigenvalue weighted by Crippen LogP contribution is -2.45. The second kappa shape index (κ2) is 67.8. The van der Waals surface area contributed by atoms with Gasteiger partial charge in [0.25, 0.3) is 0 Å². The first-order valence-electron chi connectivity index (χ1n) is 35.6. The third kappa shape index (κ3) is 63.5. The third-order valence-electron chi connectivity index (χ3n) is 16.8. The van der Waals surface area contributed by atoms with E-state index >= 15 is 0 Å². The maximum absolute atomic E-state index is 12.5. The third-order valence-corrected chi connectivity index (χ3v) is 16.8. The Hall–Kier alpha value is -1.66. The summed E-state index contributed by atoms with van der Waals surface area (Å²) in [7, 11) is 0. The maximum atomic E-state index is 12.5. The van der Waals surface area contributed by atoms with Crippen molar-refractivity contribution in [3.05, 3.63) is 24.3 Å². The number of ether oxygens (including phenoxy) is 1. The minimum absolute atomic E-state index is 0.0204. The van der Waals surface area contributed by atoms with E-state index in [0.29, 0.717) is 25.9 Å². The SMILES string of the molecule is CCCCCCCCCCCCCC(=O)OCCCCCCCCCCCCCCCCC/C=C\C/C=C\CCCCCCCCCCCCCCCCCCCC(=O)NC(CO)C(O)CCCCCCCCCCCCC. The van der Waals surface area contributed by atoms with Gasteiger partial charge in [0.05, 0.1) is 25.4 Å². The van der Waals surface area contributed by atoms with Crippen molar-refractivity contribution in [2.24, 2.45) is 0 Å². The topological polar surface area (TPSA) is 95.9 Å². The predicted molar refractivity (Wildman–Crippen MR) is 343 cm³/mol. The molecule has 6 nitrogen and oxygen atoms in total. The van der Waals surface area contributed by atoms with E-state index in [1.807, 2.05) is 0 Å². The highest BCUT2D eigenvalue weighted by molar-refractivity contribution is 5.76. The number of rotatable bonds is 67. The van der Waals surface area contributed by atoms with Crippen molar-refractivity contribution in [3.63, 3.8) is 0 Å². The number of aliphatic hydroxyl groups is 2. The van der Waals surface area contributed by atoms with Crippen LogP contribution in [0, 0.1) is 0 Å². The standard InChI is InChI=1S/C72H139NO5/c1-3-5-7-9-11-13-44-48-52-56-60-64-70(75)69(68-74)73-71(76)65-61-57-53-49-46-42-40-38-36-34-32-30-28-26-24-22-20-18-16-15-17-19-21-23-25-27-29-31-33-35-37-39-41-43-47-51-55-59-63-67-78-72(77)66-62-58-54-50-45-14-12-10-8-6-4-2/h15-16,19,21,69-70,74-75H,3-14,17-18,20,22-68H2,1-2H3,(H,73,76)/b16-15-,21-19-. The normalized spacial score (nSPS) is 12.6. The summed E-state index contributed by atoms with van der Waals surface area (Å²) in [5, 5.41) is 23.2. The van der Waals surface area contributed by atoms with E-state index in [-0.39, 0.29) is 18.5 Å². The monoisotopic (exact) mass is 1100 g/mol. The summed E-state index contributed by atoms with van der Waals surface area (Å²) in [4.78, 5) is 24.5. The Kier molecular flexibility index (Phi) is 66.4. The van der Waals surface area contributed by atoms with Gasteiger partial charge in [-0.25, -0.2) is 0 Å². The van der Waals surface area contributed by atoms with Crippen LogP contribution in [-0.2, 0) is 14.3 Å². The van der Waals surface area contributed by atoms with E-state index in [1.54, 1.807) is 0 Å². The van der Waals surface area contributed by atoms with Gasteiger partial charge in [0.2, 0.25) is 5.91 Å². The van der Waals surface area contributed by atoms with E-state index in [1.165, 1.54) is 321 Å². The highest BCUT2D eigenvalue weighted by Gasteiger charge is 2.20. The number of hydrogen-bond acceptors (Lipinski definition) is 5. The molecule has 0 saturated carbocycles. The molecule has 2 unspecified atom stereocenters. The molecule has 0 aromatic rings. The molecular formula is C72H139NO5. The van der Waals surface area contributed by atoms with Crippen molar-refractivity contribution >= 4 is 11.9 Å². The molecule has 3 N–H and O–H groups in total. The quantitative estimate of drug-likeness (QED) is 0.0320. The Morgan fingerprint density at radius 2 is 0.641 bits per heavy atom. The molecule has 0 aliphatic rings. The van der Waals surface area contributed by atoms with Gasteiger partial charge in [-0.3, -0.25) is 9.59 Å². The van der Waals surface area contributed by atoms with Crippen LogP contribution >= 0.6 is 0 Å². The Balaban J connectivity index is 3.33. The van der Waals surface area contributed by atoms with Crippen LogP contribution in [0.25, 0.3) is 0 Å². The van der Waals surface area contributed by atoms with Gasteiger partial charge in [-0.15, -0.1) is 0 Å². The van der Waals surface area contributed by atoms with E-state index in [9.17, 15) is 19.8 Å². The van der Waals surface area contributed by atoms with Crippen LogP contribution in [0.1, 0.15) is 399 Å². The molecule has 0 aliphatic heterocycles. The largest absolute Gasteiger partial charge is 0.466 e. The first kappa shape index (κ1) is 76.3. The van der Waals surface area contributed by atoms with Gasteiger partial charge in [-0.2, -0.15) is 0 Å². The average molecular weight is 1100 g/mol. The van der Waals surface area contributed by atoms with Crippen molar-refractivity contribution in [1.82, 2.24) is 5.32 Å². The lowest BCUT2D eigenvalue weighted by atomic mass is 10.0. The molecule has 0 radical (unpaired) electrons. The number of carbonyl (C=O) groups is 2. The highest BCUT2D eigenvalue weighted by Crippen LogP contribution is 2.19. The van der Waals surface area contributed by atoms with Crippen molar-refractivity contribution in [3.8, 4) is 0 Å². The molecule has 6 heteroatoms. The summed E-state index contributed by atoms with van der Waals surface area (Å²) >= 11 is 0. The smallest absolute Gasteiger partial charge is 0.305 e. The predicted octanol–water partition coefficient (Wildman–Crippen LogP) is 22.9. The van der Waals surface area contributed by atoms with Crippen LogP contribution in [0.2, 0.25) is 0 Å². The van der Waals surface area contributed by atoms with E-state index in [0.717, 1.165) is 44.9 Å². The molecule has 0 rings (SSSR count). The molecule has 0 aromatic carbocycles. The van der Waals surface area contributed by atoms with Gasteiger partial charge in [0, 0.05) is 12.8 Å². The second-order valence-corrected chi connectivity index (χ2v) is 24.6. The summed E-state index contributed by atoms with van der Waals surface area (Å²) in [6.45, 7) is 4.97. The van der Waals surface area contributed by atoms with Gasteiger partial charge >= 0.3 is 5.97 Å². The van der Waals surface area contributed by atoms with Crippen LogP contribution in [0.15, 0.2) is 24.3 Å². The first-order valence-corrected chi connectivity index (χ1v) is 35.6. The Morgan fingerprint density at radius 3 is 0.974 bits per heavy atom. The van der Waals surface area contributed by atoms with E-state index in [4.69, 9.17) is 4.74 Å². The number of carbonyl (C=O) groups excluding carboxylic acids is 2. The number of allylic oxidation sites excluding steroid dienone is 4. The zero-order valence-corrected chi connectivity index (χ0v) is 52.9. The molecule has 0 saturated heterocycles. The number of hydrogen-bond donors (Lipinski definition) is 3. The zero-order valence-electron chi connectivity index (χ0n) is 52.9. The molecule has 1 amide bonds. The first-order chi connectivity index (χ1) is 38.5. The van der Waals surface area contributed by atoms with Gasteiger partial charge < -0.3 is 20.3 Å². The van der Waals surface area contributed by atoms with Crippen molar-refractivity contribution < 1.29 is 24.5 Å². The fraction of sp³-hybridized carbons (Fsp3) is 0.917. The summed E-state index contributed by atoms with van der Waals surface area (Å²) in [6.07, 6.45) is 85.4. The minimum atomic E-state index is -0.660. The van der Waals surface area contributed by atoms with E-state index in [2.05, 4.69) is 43.5 Å². The summed E-state index contributed by atoms with van der Waals surface area (Å²) in [5.74, 6) is -0.0105. The summed E-state index contributed by atoms with van der Waals surface area (Å²) in [5.41, 5.74) is 0. The number of nitrogens with one attached hydrogen (secondary N) is 1. The average Bonchev–Trinajstić information content (AvgIpc) is 3.44. The van der Waals surface area contributed by atoms with Crippen LogP contribution in [0.5, 0.6) is 0 Å². The molecule has 2 atom stereocenters. The lowest BCUT2D eigenvalue weighted by Gasteiger charge is -2.22. The van der Waals surface area contributed by atoms with Gasteiger partial charge in [-0.1, -0.05) is 353 Å². The summed E-state index contributed by atoms with van der Waals surface area (Å²) in [6, 6.07) is -0.537. The maximum Gasteiger partial charge on any atom is 0.305 e. The van der Waals surface area contributed by atoms with Crippen LogP contribution in [0.4, 0.5) is 0 Å². The molecule has 0 aromatic heterocycles. The Labute approximate surface area is 488 Å². The zero-order chi connectivity index (χ0) is 56.4. The number of aliphatic hydroxyl groups excluding tert-OH is 2.